The molecule has 0 bridgehead atoms. The highest BCUT2D eigenvalue weighted by atomic mass is 19.2. The minimum Gasteiger partial charge on any atom is -0.350 e. The molecule has 25 heavy (non-hydrogen) atoms. The highest BCUT2D eigenvalue weighted by Crippen LogP contribution is 2.42. The molecule has 0 aromatic heterocycles. The summed E-state index contributed by atoms with van der Waals surface area (Å²) in [5.41, 5.74) is -0.100. The van der Waals surface area contributed by atoms with Gasteiger partial charge in [0, 0.05) is 30.5 Å². The van der Waals surface area contributed by atoms with Crippen LogP contribution in [0.15, 0.2) is 18.2 Å². The first-order valence-electron chi connectivity index (χ1n) is 8.55. The van der Waals surface area contributed by atoms with E-state index in [2.05, 4.69) is 10.2 Å². The molecule has 1 aromatic carbocycles. The van der Waals surface area contributed by atoms with Crippen molar-refractivity contribution in [3.05, 3.63) is 35.4 Å². The summed E-state index contributed by atoms with van der Waals surface area (Å²) in [4.78, 5) is 14.4. The predicted molar refractivity (Wildman–Crippen MR) is 88.2 cm³/mol. The summed E-state index contributed by atoms with van der Waals surface area (Å²) in [6.45, 7) is 1.68. The highest BCUT2D eigenvalue weighted by Gasteiger charge is 2.47. The number of ether oxygens (including phenoxy) is 2. The number of hydrogen-bond donors (Lipinski definition) is 1. The number of carbonyl (C=O) groups is 1. The molecule has 138 valence electrons. The van der Waals surface area contributed by atoms with Crippen molar-refractivity contribution in [3.63, 3.8) is 0 Å². The third-order valence-corrected chi connectivity index (χ3v) is 5.46. The molecule has 1 spiro atoms. The summed E-state index contributed by atoms with van der Waals surface area (Å²) >= 11 is 0. The van der Waals surface area contributed by atoms with Gasteiger partial charge in [0.25, 0.3) is 5.91 Å². The topological polar surface area (TPSA) is 50.8 Å². The minimum atomic E-state index is -1.02. The zero-order valence-electron chi connectivity index (χ0n) is 14.6. The van der Waals surface area contributed by atoms with Crippen LogP contribution in [0.1, 0.15) is 36.0 Å². The Morgan fingerprint density at radius 2 is 1.76 bits per heavy atom. The molecule has 0 unspecified atom stereocenters. The molecule has 1 aromatic rings. The molecular weight excluding hydrogens is 330 g/mol. The van der Waals surface area contributed by atoms with E-state index in [4.69, 9.17) is 9.47 Å². The van der Waals surface area contributed by atoms with Crippen LogP contribution in [0.4, 0.5) is 8.78 Å². The van der Waals surface area contributed by atoms with Crippen LogP contribution in [-0.4, -0.2) is 56.0 Å². The molecule has 1 amide bonds. The first kappa shape index (κ1) is 18.2. The van der Waals surface area contributed by atoms with Gasteiger partial charge in [-0.25, -0.2) is 8.78 Å². The van der Waals surface area contributed by atoms with Crippen molar-refractivity contribution in [2.45, 2.75) is 37.0 Å². The number of nitrogens with zero attached hydrogens (tertiary/aromatic N) is 1. The van der Waals surface area contributed by atoms with E-state index in [1.54, 1.807) is 0 Å². The summed E-state index contributed by atoms with van der Waals surface area (Å²) in [5, 5.41) is 2.87. The van der Waals surface area contributed by atoms with Crippen molar-refractivity contribution in [1.29, 1.82) is 0 Å². The van der Waals surface area contributed by atoms with Gasteiger partial charge in [-0.05, 0) is 45.1 Å². The molecular formula is C18H24F2N2O3. The van der Waals surface area contributed by atoms with Crippen LogP contribution in [-0.2, 0) is 9.47 Å². The minimum absolute atomic E-state index is 0.113. The molecule has 2 fully saturated rings. The van der Waals surface area contributed by atoms with E-state index in [1.807, 2.05) is 14.1 Å². The van der Waals surface area contributed by atoms with Crippen LogP contribution in [0.5, 0.6) is 0 Å². The average Bonchev–Trinajstić information content (AvgIpc) is 3.05. The first-order chi connectivity index (χ1) is 11.9. The molecule has 0 radical (unpaired) electrons. The quantitative estimate of drug-likeness (QED) is 0.902. The third-order valence-electron chi connectivity index (χ3n) is 5.46. The zero-order chi connectivity index (χ0) is 18.1. The number of carbonyl (C=O) groups excluding carboxylic acids is 1. The molecule has 1 aliphatic carbocycles. The van der Waals surface area contributed by atoms with E-state index in [0.717, 1.165) is 37.8 Å². The normalized spacial score (nSPS) is 21.6. The molecule has 0 atom stereocenters. The van der Waals surface area contributed by atoms with Crippen molar-refractivity contribution < 1.29 is 23.0 Å². The fourth-order valence-corrected chi connectivity index (χ4v) is 3.65. The largest absolute Gasteiger partial charge is 0.350 e. The molecule has 7 heteroatoms. The van der Waals surface area contributed by atoms with Gasteiger partial charge in [0.05, 0.1) is 13.2 Å². The molecule has 5 nitrogen and oxygen atoms in total. The monoisotopic (exact) mass is 354 g/mol. The lowest BCUT2D eigenvalue weighted by atomic mass is 9.77. The van der Waals surface area contributed by atoms with E-state index < -0.39 is 23.3 Å². The Labute approximate surface area is 146 Å². The molecule has 1 saturated heterocycles. The molecule has 3 rings (SSSR count). The lowest BCUT2D eigenvalue weighted by Gasteiger charge is -2.47. The van der Waals surface area contributed by atoms with E-state index in [9.17, 15) is 13.6 Å². The van der Waals surface area contributed by atoms with Crippen molar-refractivity contribution in [2.24, 2.45) is 0 Å². The number of amides is 1. The second-order valence-corrected chi connectivity index (χ2v) is 7.04. The fraction of sp³-hybridized carbons (Fsp3) is 0.611. The number of hydrogen-bond acceptors (Lipinski definition) is 4. The van der Waals surface area contributed by atoms with Gasteiger partial charge < -0.3 is 19.7 Å². The zero-order valence-corrected chi connectivity index (χ0v) is 14.6. The van der Waals surface area contributed by atoms with Gasteiger partial charge in [-0.3, -0.25) is 4.79 Å². The summed E-state index contributed by atoms with van der Waals surface area (Å²) in [6, 6.07) is 3.17. The Bertz CT molecular complexity index is 635. The van der Waals surface area contributed by atoms with Crippen LogP contribution in [0.3, 0.4) is 0 Å². The number of nitrogens with one attached hydrogen (secondary N) is 1. The molecule has 2 aliphatic rings. The maximum atomic E-state index is 13.3. The molecule has 1 aliphatic heterocycles. The first-order valence-corrected chi connectivity index (χ1v) is 8.55. The van der Waals surface area contributed by atoms with Gasteiger partial charge >= 0.3 is 0 Å². The van der Waals surface area contributed by atoms with Crippen LogP contribution in [0.25, 0.3) is 0 Å². The van der Waals surface area contributed by atoms with Gasteiger partial charge in [0.15, 0.2) is 17.4 Å². The number of benzene rings is 1. The lowest BCUT2D eigenvalue weighted by molar-refractivity contribution is -0.191. The maximum Gasteiger partial charge on any atom is 0.251 e. The van der Waals surface area contributed by atoms with Crippen molar-refractivity contribution in [2.75, 3.05) is 33.9 Å². The van der Waals surface area contributed by atoms with Crippen LogP contribution in [0, 0.1) is 11.6 Å². The summed E-state index contributed by atoms with van der Waals surface area (Å²) in [5.74, 6) is -2.86. The SMILES string of the molecule is CN(C)C1(CNC(=O)c2ccc(F)c(F)c2)CCC2(CC1)OCCO2. The average molecular weight is 354 g/mol. The van der Waals surface area contributed by atoms with Crippen molar-refractivity contribution >= 4 is 5.91 Å². The van der Waals surface area contributed by atoms with Gasteiger partial charge in [-0.2, -0.15) is 0 Å². The number of rotatable bonds is 4. The second-order valence-electron chi connectivity index (χ2n) is 7.04. The van der Waals surface area contributed by atoms with Gasteiger partial charge in [-0.15, -0.1) is 0 Å². The maximum absolute atomic E-state index is 13.3. The Kier molecular flexibility index (Phi) is 5.09. The Morgan fingerprint density at radius 3 is 2.32 bits per heavy atom. The predicted octanol–water partition coefficient (Wildman–Crippen LogP) is 2.31. The van der Waals surface area contributed by atoms with Crippen molar-refractivity contribution in [1.82, 2.24) is 10.2 Å². The molecule has 1 heterocycles. The van der Waals surface area contributed by atoms with Crippen LogP contribution >= 0.6 is 0 Å². The van der Waals surface area contributed by atoms with E-state index >= 15 is 0 Å². The molecule has 1 saturated carbocycles. The smallest absolute Gasteiger partial charge is 0.251 e. The summed E-state index contributed by atoms with van der Waals surface area (Å²) in [6.07, 6.45) is 3.18. The second kappa shape index (κ2) is 6.97. The molecule has 1 N–H and O–H groups in total. The summed E-state index contributed by atoms with van der Waals surface area (Å²) in [7, 11) is 3.97. The summed E-state index contributed by atoms with van der Waals surface area (Å²) < 4.78 is 37.9. The van der Waals surface area contributed by atoms with Gasteiger partial charge in [0.2, 0.25) is 0 Å². The highest BCUT2D eigenvalue weighted by molar-refractivity contribution is 5.94. The van der Waals surface area contributed by atoms with E-state index in [-0.39, 0.29) is 11.1 Å². The van der Waals surface area contributed by atoms with E-state index in [1.165, 1.54) is 6.07 Å². The fourth-order valence-electron chi connectivity index (χ4n) is 3.65. The number of likely N-dealkylation sites (N-methyl/N-ethyl adjacent to an activating group) is 1. The lowest BCUT2D eigenvalue weighted by Crippen LogP contribution is -2.57. The standard InChI is InChI=1S/C18H24F2N2O3/c1-22(2)17(5-7-18(8-6-17)24-9-10-25-18)12-21-16(23)13-3-4-14(19)15(20)11-13/h3-4,11H,5-10,12H2,1-2H3,(H,21,23). The third kappa shape index (κ3) is 3.68. The number of halogens is 2. The Balaban J connectivity index is 1.64. The van der Waals surface area contributed by atoms with Crippen LogP contribution < -0.4 is 5.32 Å². The van der Waals surface area contributed by atoms with Crippen LogP contribution in [0.2, 0.25) is 0 Å². The van der Waals surface area contributed by atoms with Gasteiger partial charge in [0.1, 0.15) is 0 Å². The van der Waals surface area contributed by atoms with Gasteiger partial charge in [-0.1, -0.05) is 0 Å². The van der Waals surface area contributed by atoms with E-state index in [0.29, 0.717) is 19.8 Å². The van der Waals surface area contributed by atoms with Crippen molar-refractivity contribution in [3.8, 4) is 0 Å². The Hall–Kier alpha value is -1.57. The Morgan fingerprint density at radius 1 is 1.12 bits per heavy atom.